The van der Waals surface area contributed by atoms with Crippen LogP contribution in [-0.2, 0) is 9.84 Å². The summed E-state index contributed by atoms with van der Waals surface area (Å²) in [5.41, 5.74) is 1.23. The summed E-state index contributed by atoms with van der Waals surface area (Å²) in [5.74, 6) is 0. The second-order valence-electron chi connectivity index (χ2n) is 3.11. The van der Waals surface area contributed by atoms with Crippen LogP contribution in [0.1, 0.15) is 0 Å². The van der Waals surface area contributed by atoms with E-state index in [1.165, 1.54) is 6.20 Å². The zero-order chi connectivity index (χ0) is 11.1. The molecule has 2 rings (SSSR count). The number of hydrogen-bond acceptors (Lipinski definition) is 4. The maximum atomic E-state index is 11.2. The minimum absolute atomic E-state index is 0.00248. The first-order valence-corrected chi connectivity index (χ1v) is 6.77. The molecule has 1 aromatic heterocycles. The van der Waals surface area contributed by atoms with E-state index in [4.69, 9.17) is 0 Å². The molecule has 0 aliphatic heterocycles. The van der Waals surface area contributed by atoms with Crippen LogP contribution in [0.4, 0.5) is 0 Å². The predicted molar refractivity (Wildman–Crippen MR) is 60.3 cm³/mol. The van der Waals surface area contributed by atoms with E-state index < -0.39 is 9.84 Å². The Balaban J connectivity index is 2.73. The summed E-state index contributed by atoms with van der Waals surface area (Å²) in [7, 11) is -3.29. The van der Waals surface area contributed by atoms with Gasteiger partial charge in [-0.15, -0.1) is 0 Å². The molecular weight excluding hydrogens is 280 g/mol. The molecule has 15 heavy (non-hydrogen) atoms. The van der Waals surface area contributed by atoms with Crippen LogP contribution >= 0.6 is 15.9 Å². The zero-order valence-electron chi connectivity index (χ0n) is 7.81. The third kappa shape index (κ3) is 2.15. The molecule has 0 radical (unpaired) electrons. The van der Waals surface area contributed by atoms with Crippen molar-refractivity contribution in [3.05, 3.63) is 28.9 Å². The van der Waals surface area contributed by atoms with Crippen LogP contribution in [0.2, 0.25) is 0 Å². The highest BCUT2D eigenvalue weighted by Gasteiger charge is 2.10. The van der Waals surface area contributed by atoms with E-state index in [2.05, 4.69) is 25.9 Å². The highest BCUT2D eigenvalue weighted by molar-refractivity contribution is 9.10. The molecule has 0 amide bonds. The number of sulfone groups is 1. The van der Waals surface area contributed by atoms with Crippen molar-refractivity contribution in [2.45, 2.75) is 5.03 Å². The monoisotopic (exact) mass is 286 g/mol. The third-order valence-corrected chi connectivity index (χ3v) is 3.31. The van der Waals surface area contributed by atoms with Gasteiger partial charge in [0.2, 0.25) is 0 Å². The van der Waals surface area contributed by atoms with Crippen LogP contribution < -0.4 is 0 Å². The molecule has 0 spiro atoms. The van der Waals surface area contributed by atoms with Gasteiger partial charge in [-0.25, -0.2) is 13.4 Å². The Morgan fingerprint density at radius 3 is 2.67 bits per heavy atom. The lowest BCUT2D eigenvalue weighted by Crippen LogP contribution is -2.01. The summed E-state index contributed by atoms with van der Waals surface area (Å²) in [5, 5.41) is -0.00248. The molecule has 1 aromatic carbocycles. The van der Waals surface area contributed by atoms with E-state index in [0.717, 1.165) is 10.7 Å². The largest absolute Gasteiger partial charge is 0.252 e. The van der Waals surface area contributed by atoms with Gasteiger partial charge in [0, 0.05) is 10.7 Å². The summed E-state index contributed by atoms with van der Waals surface area (Å²) in [6.45, 7) is 0. The van der Waals surface area contributed by atoms with Crippen molar-refractivity contribution in [3.8, 4) is 0 Å². The quantitative estimate of drug-likeness (QED) is 0.802. The van der Waals surface area contributed by atoms with E-state index >= 15 is 0 Å². The fourth-order valence-electron chi connectivity index (χ4n) is 1.15. The van der Waals surface area contributed by atoms with Gasteiger partial charge < -0.3 is 0 Å². The van der Waals surface area contributed by atoms with Gasteiger partial charge in [-0.3, -0.25) is 4.98 Å². The summed E-state index contributed by atoms with van der Waals surface area (Å²) in [6.07, 6.45) is 2.38. The topological polar surface area (TPSA) is 59.9 Å². The number of halogens is 1. The first-order chi connectivity index (χ1) is 6.97. The van der Waals surface area contributed by atoms with Crippen molar-refractivity contribution in [2.75, 3.05) is 6.26 Å². The molecule has 2 aromatic rings. The SMILES string of the molecule is CS(=O)(=O)c1cnc2cc(Br)ccc2n1. The summed E-state index contributed by atoms with van der Waals surface area (Å²) in [6, 6.07) is 5.30. The molecule has 0 saturated heterocycles. The number of rotatable bonds is 1. The Labute approximate surface area is 95.4 Å². The Morgan fingerprint density at radius 1 is 1.27 bits per heavy atom. The lowest BCUT2D eigenvalue weighted by molar-refractivity contribution is 0.598. The fraction of sp³-hybridized carbons (Fsp3) is 0.111. The van der Waals surface area contributed by atoms with Crippen molar-refractivity contribution in [2.24, 2.45) is 0 Å². The second-order valence-corrected chi connectivity index (χ2v) is 5.99. The van der Waals surface area contributed by atoms with Gasteiger partial charge in [-0.2, -0.15) is 0 Å². The van der Waals surface area contributed by atoms with Gasteiger partial charge in [0.15, 0.2) is 14.9 Å². The van der Waals surface area contributed by atoms with E-state index in [0.29, 0.717) is 11.0 Å². The van der Waals surface area contributed by atoms with Gasteiger partial charge in [-0.05, 0) is 18.2 Å². The van der Waals surface area contributed by atoms with Gasteiger partial charge in [0.1, 0.15) is 0 Å². The van der Waals surface area contributed by atoms with Crippen LogP contribution in [0.5, 0.6) is 0 Å². The minimum atomic E-state index is -3.29. The fourth-order valence-corrected chi connectivity index (χ4v) is 2.00. The number of nitrogens with zero attached hydrogens (tertiary/aromatic N) is 2. The van der Waals surface area contributed by atoms with E-state index in [1.54, 1.807) is 18.2 Å². The van der Waals surface area contributed by atoms with Crippen LogP contribution in [0.25, 0.3) is 11.0 Å². The third-order valence-electron chi connectivity index (χ3n) is 1.86. The Kier molecular flexibility index (Phi) is 2.47. The lowest BCUT2D eigenvalue weighted by atomic mass is 10.3. The van der Waals surface area contributed by atoms with Crippen LogP contribution in [0.15, 0.2) is 33.9 Å². The standard InChI is InChI=1S/C9H7BrN2O2S/c1-15(13,14)9-5-11-8-4-6(10)2-3-7(8)12-9/h2-5H,1H3. The zero-order valence-corrected chi connectivity index (χ0v) is 10.2. The van der Waals surface area contributed by atoms with E-state index in [1.807, 2.05) is 0 Å². The van der Waals surface area contributed by atoms with Gasteiger partial charge in [0.05, 0.1) is 17.2 Å². The van der Waals surface area contributed by atoms with Crippen molar-refractivity contribution in [1.82, 2.24) is 9.97 Å². The molecule has 0 saturated carbocycles. The maximum Gasteiger partial charge on any atom is 0.194 e. The van der Waals surface area contributed by atoms with Crippen LogP contribution in [0, 0.1) is 0 Å². The smallest absolute Gasteiger partial charge is 0.194 e. The number of hydrogen-bond donors (Lipinski definition) is 0. The van der Waals surface area contributed by atoms with Gasteiger partial charge in [-0.1, -0.05) is 15.9 Å². The Hall–Kier alpha value is -1.01. The Morgan fingerprint density at radius 2 is 2.00 bits per heavy atom. The number of fused-ring (bicyclic) bond motifs is 1. The minimum Gasteiger partial charge on any atom is -0.252 e. The van der Waals surface area contributed by atoms with Crippen molar-refractivity contribution >= 4 is 36.8 Å². The average Bonchev–Trinajstić information content (AvgIpc) is 2.15. The number of benzene rings is 1. The molecule has 0 fully saturated rings. The molecule has 6 heteroatoms. The van der Waals surface area contributed by atoms with E-state index in [9.17, 15) is 8.42 Å². The normalized spacial score (nSPS) is 11.9. The number of aromatic nitrogens is 2. The molecule has 0 atom stereocenters. The molecule has 0 aliphatic carbocycles. The van der Waals surface area contributed by atoms with Crippen molar-refractivity contribution < 1.29 is 8.42 Å². The molecule has 1 heterocycles. The Bertz CT molecular complexity index is 625. The van der Waals surface area contributed by atoms with Crippen LogP contribution in [-0.4, -0.2) is 24.6 Å². The molecule has 0 unspecified atom stereocenters. The molecular formula is C9H7BrN2O2S. The molecule has 78 valence electrons. The molecule has 4 nitrogen and oxygen atoms in total. The lowest BCUT2D eigenvalue weighted by Gasteiger charge is -2.00. The first-order valence-electron chi connectivity index (χ1n) is 4.09. The summed E-state index contributed by atoms with van der Waals surface area (Å²) in [4.78, 5) is 8.05. The maximum absolute atomic E-state index is 11.2. The van der Waals surface area contributed by atoms with Crippen molar-refractivity contribution in [1.29, 1.82) is 0 Å². The summed E-state index contributed by atoms with van der Waals surface area (Å²) >= 11 is 3.30. The first kappa shape index (κ1) is 10.5. The molecule has 0 bridgehead atoms. The van der Waals surface area contributed by atoms with Crippen LogP contribution in [0.3, 0.4) is 0 Å². The predicted octanol–water partition coefficient (Wildman–Crippen LogP) is 1.80. The molecule has 0 aliphatic rings. The summed E-state index contributed by atoms with van der Waals surface area (Å²) < 4.78 is 23.3. The average molecular weight is 287 g/mol. The van der Waals surface area contributed by atoms with Crippen molar-refractivity contribution in [3.63, 3.8) is 0 Å². The highest BCUT2D eigenvalue weighted by Crippen LogP contribution is 2.17. The van der Waals surface area contributed by atoms with Gasteiger partial charge in [0.25, 0.3) is 0 Å². The van der Waals surface area contributed by atoms with E-state index in [-0.39, 0.29) is 5.03 Å². The molecule has 0 N–H and O–H groups in total. The van der Waals surface area contributed by atoms with Gasteiger partial charge >= 0.3 is 0 Å². The highest BCUT2D eigenvalue weighted by atomic mass is 79.9. The second kappa shape index (κ2) is 3.53.